The third kappa shape index (κ3) is 4.03. The van der Waals surface area contributed by atoms with Crippen molar-refractivity contribution < 1.29 is 4.79 Å². The molecule has 0 spiro atoms. The van der Waals surface area contributed by atoms with Gasteiger partial charge in [-0.25, -0.2) is 9.78 Å². The van der Waals surface area contributed by atoms with Crippen LogP contribution in [0.2, 0.25) is 5.02 Å². The molecule has 2 N–H and O–H groups in total. The Balaban J connectivity index is 1.93. The third-order valence-corrected chi connectivity index (χ3v) is 4.00. The Kier molecular flexibility index (Phi) is 5.23. The zero-order valence-corrected chi connectivity index (χ0v) is 15.2. The standard InChI is InChI=1S/C19H19ClN4O2/c1-12(2)10-24-11-16(14-5-3-4-6-15(14)18(24)25)22-19(26)23-17-8-7-13(20)9-21-17/h3-9,11-12H,10H2,1-2H3,(H2,21,22,23,26). The predicted molar refractivity (Wildman–Crippen MR) is 105 cm³/mol. The molecule has 0 saturated carbocycles. The molecule has 0 radical (unpaired) electrons. The summed E-state index contributed by atoms with van der Waals surface area (Å²) in [6.07, 6.45) is 3.13. The minimum Gasteiger partial charge on any atom is -0.313 e. The molecule has 0 aliphatic rings. The Morgan fingerprint density at radius 1 is 1.15 bits per heavy atom. The second-order valence-electron chi connectivity index (χ2n) is 6.38. The summed E-state index contributed by atoms with van der Waals surface area (Å²) in [5.41, 5.74) is 0.493. The van der Waals surface area contributed by atoms with Crippen LogP contribution in [0.3, 0.4) is 0 Å². The van der Waals surface area contributed by atoms with E-state index in [1.165, 1.54) is 6.20 Å². The van der Waals surface area contributed by atoms with Crippen LogP contribution in [0.15, 0.2) is 53.6 Å². The summed E-state index contributed by atoms with van der Waals surface area (Å²) < 4.78 is 1.63. The van der Waals surface area contributed by atoms with E-state index in [4.69, 9.17) is 11.6 Å². The van der Waals surface area contributed by atoms with Gasteiger partial charge >= 0.3 is 6.03 Å². The molecule has 0 saturated heterocycles. The molecule has 0 aliphatic carbocycles. The van der Waals surface area contributed by atoms with E-state index in [-0.39, 0.29) is 5.56 Å². The van der Waals surface area contributed by atoms with E-state index in [0.29, 0.717) is 39.8 Å². The van der Waals surface area contributed by atoms with Crippen LogP contribution >= 0.6 is 11.6 Å². The van der Waals surface area contributed by atoms with E-state index >= 15 is 0 Å². The van der Waals surface area contributed by atoms with Gasteiger partial charge in [-0.3, -0.25) is 10.1 Å². The second kappa shape index (κ2) is 7.58. The Morgan fingerprint density at radius 2 is 1.88 bits per heavy atom. The van der Waals surface area contributed by atoms with Crippen molar-refractivity contribution in [3.8, 4) is 0 Å². The molecule has 0 bridgehead atoms. The van der Waals surface area contributed by atoms with Crippen LogP contribution in [0.25, 0.3) is 10.8 Å². The van der Waals surface area contributed by atoms with Crippen LogP contribution in [0.4, 0.5) is 16.3 Å². The second-order valence-corrected chi connectivity index (χ2v) is 6.82. The molecule has 0 aliphatic heterocycles. The van der Waals surface area contributed by atoms with Crippen LogP contribution in [0.5, 0.6) is 0 Å². The molecule has 0 atom stereocenters. The molecule has 3 rings (SSSR count). The van der Waals surface area contributed by atoms with Crippen LogP contribution in [-0.2, 0) is 6.54 Å². The van der Waals surface area contributed by atoms with Gasteiger partial charge < -0.3 is 9.88 Å². The fourth-order valence-electron chi connectivity index (χ4n) is 2.69. The number of hydrogen-bond donors (Lipinski definition) is 2. The van der Waals surface area contributed by atoms with Crippen LogP contribution < -0.4 is 16.2 Å². The van der Waals surface area contributed by atoms with Crippen molar-refractivity contribution in [2.75, 3.05) is 10.6 Å². The van der Waals surface area contributed by atoms with E-state index < -0.39 is 6.03 Å². The van der Waals surface area contributed by atoms with Gasteiger partial charge in [0.2, 0.25) is 0 Å². The van der Waals surface area contributed by atoms with Crippen LogP contribution in [0, 0.1) is 5.92 Å². The largest absolute Gasteiger partial charge is 0.324 e. The Hall–Kier alpha value is -2.86. The summed E-state index contributed by atoms with van der Waals surface area (Å²) in [5, 5.41) is 7.20. The number of benzene rings is 1. The highest BCUT2D eigenvalue weighted by molar-refractivity contribution is 6.30. The summed E-state index contributed by atoms with van der Waals surface area (Å²) in [6.45, 7) is 4.64. The molecule has 2 amide bonds. The first-order valence-electron chi connectivity index (χ1n) is 8.26. The van der Waals surface area contributed by atoms with Crippen molar-refractivity contribution in [3.05, 3.63) is 64.2 Å². The van der Waals surface area contributed by atoms with Gasteiger partial charge in [-0.2, -0.15) is 0 Å². The van der Waals surface area contributed by atoms with Crippen molar-refractivity contribution >= 4 is 39.9 Å². The number of anilines is 2. The van der Waals surface area contributed by atoms with Gasteiger partial charge in [0, 0.05) is 29.7 Å². The highest BCUT2D eigenvalue weighted by Gasteiger charge is 2.12. The van der Waals surface area contributed by atoms with E-state index in [1.54, 1.807) is 29.0 Å². The number of nitrogens with zero attached hydrogens (tertiary/aromatic N) is 2. The van der Waals surface area contributed by atoms with Gasteiger partial charge in [0.15, 0.2) is 0 Å². The summed E-state index contributed by atoms with van der Waals surface area (Å²) in [5.74, 6) is 0.681. The molecule has 6 nitrogen and oxygen atoms in total. The van der Waals surface area contributed by atoms with Crippen molar-refractivity contribution in [2.24, 2.45) is 5.92 Å². The van der Waals surface area contributed by atoms with Gasteiger partial charge in [-0.1, -0.05) is 43.6 Å². The molecule has 134 valence electrons. The fourth-order valence-corrected chi connectivity index (χ4v) is 2.80. The third-order valence-electron chi connectivity index (χ3n) is 3.77. The van der Waals surface area contributed by atoms with Crippen molar-refractivity contribution in [2.45, 2.75) is 20.4 Å². The van der Waals surface area contributed by atoms with Gasteiger partial charge in [-0.05, 0) is 24.1 Å². The number of aromatic nitrogens is 2. The molecule has 7 heteroatoms. The van der Waals surface area contributed by atoms with E-state index in [0.717, 1.165) is 0 Å². The summed E-state index contributed by atoms with van der Waals surface area (Å²) in [6, 6.07) is 10.0. The van der Waals surface area contributed by atoms with Crippen LogP contribution in [0.1, 0.15) is 13.8 Å². The monoisotopic (exact) mass is 370 g/mol. The molecule has 1 aromatic carbocycles. The predicted octanol–water partition coefficient (Wildman–Crippen LogP) is 4.35. The molecule has 0 unspecified atom stereocenters. The first kappa shape index (κ1) is 17.9. The van der Waals surface area contributed by atoms with Gasteiger partial charge in [-0.15, -0.1) is 0 Å². The number of carbonyl (C=O) groups excluding carboxylic acids is 1. The Bertz CT molecular complexity index is 997. The summed E-state index contributed by atoms with van der Waals surface area (Å²) in [4.78, 5) is 29.0. The van der Waals surface area contributed by atoms with Gasteiger partial charge in [0.25, 0.3) is 5.56 Å². The molecule has 3 aromatic rings. The fraction of sp³-hybridized carbons (Fsp3) is 0.211. The lowest BCUT2D eigenvalue weighted by atomic mass is 10.1. The Morgan fingerprint density at radius 3 is 2.54 bits per heavy atom. The number of hydrogen-bond acceptors (Lipinski definition) is 3. The minimum absolute atomic E-state index is 0.0698. The van der Waals surface area contributed by atoms with E-state index in [1.807, 2.05) is 32.0 Å². The zero-order valence-electron chi connectivity index (χ0n) is 14.5. The summed E-state index contributed by atoms with van der Waals surface area (Å²) >= 11 is 5.79. The average molecular weight is 371 g/mol. The maximum absolute atomic E-state index is 12.6. The number of halogens is 1. The lowest BCUT2D eigenvalue weighted by Gasteiger charge is -2.15. The van der Waals surface area contributed by atoms with Crippen molar-refractivity contribution in [3.63, 3.8) is 0 Å². The first-order chi connectivity index (χ1) is 12.4. The van der Waals surface area contributed by atoms with Gasteiger partial charge in [0.1, 0.15) is 5.82 Å². The molecule has 0 fully saturated rings. The maximum atomic E-state index is 12.6. The first-order valence-corrected chi connectivity index (χ1v) is 8.63. The highest BCUT2D eigenvalue weighted by atomic mass is 35.5. The molecule has 26 heavy (non-hydrogen) atoms. The Labute approximate surface area is 155 Å². The topological polar surface area (TPSA) is 76.0 Å². The lowest BCUT2D eigenvalue weighted by molar-refractivity contribution is 0.262. The number of urea groups is 1. The molecular formula is C19H19ClN4O2. The maximum Gasteiger partial charge on any atom is 0.324 e. The SMILES string of the molecule is CC(C)Cn1cc(NC(=O)Nc2ccc(Cl)cn2)c2ccccc2c1=O. The minimum atomic E-state index is -0.445. The molecular weight excluding hydrogens is 352 g/mol. The van der Waals surface area contributed by atoms with Crippen molar-refractivity contribution in [1.29, 1.82) is 0 Å². The normalized spacial score (nSPS) is 10.9. The number of carbonyl (C=O) groups is 1. The quantitative estimate of drug-likeness (QED) is 0.716. The smallest absolute Gasteiger partial charge is 0.313 e. The highest BCUT2D eigenvalue weighted by Crippen LogP contribution is 2.21. The van der Waals surface area contributed by atoms with E-state index in [9.17, 15) is 9.59 Å². The lowest BCUT2D eigenvalue weighted by Crippen LogP contribution is -2.25. The number of rotatable bonds is 4. The van der Waals surface area contributed by atoms with E-state index in [2.05, 4.69) is 15.6 Å². The van der Waals surface area contributed by atoms with Crippen molar-refractivity contribution in [1.82, 2.24) is 9.55 Å². The number of pyridine rings is 2. The van der Waals surface area contributed by atoms with Crippen LogP contribution in [-0.4, -0.2) is 15.6 Å². The average Bonchev–Trinajstić information content (AvgIpc) is 2.60. The number of nitrogens with one attached hydrogen (secondary N) is 2. The zero-order chi connectivity index (χ0) is 18.7. The number of fused-ring (bicyclic) bond motifs is 1. The molecule has 2 aromatic heterocycles. The molecule has 2 heterocycles. The number of amides is 2. The summed E-state index contributed by atoms with van der Waals surface area (Å²) in [7, 11) is 0. The van der Waals surface area contributed by atoms with Gasteiger partial charge in [0.05, 0.1) is 10.7 Å².